The Balaban J connectivity index is 2.10. The molecule has 0 radical (unpaired) electrons. The molecule has 0 aromatic heterocycles. The van der Waals surface area contributed by atoms with E-state index in [1.54, 1.807) is 24.3 Å². The first-order chi connectivity index (χ1) is 10.6. The van der Waals surface area contributed by atoms with Gasteiger partial charge in [-0.2, -0.15) is 0 Å². The summed E-state index contributed by atoms with van der Waals surface area (Å²) in [6.07, 6.45) is 1.82. The fraction of sp³-hybridized carbons (Fsp3) is 0.0526. The van der Waals surface area contributed by atoms with E-state index in [2.05, 4.69) is 0 Å². The van der Waals surface area contributed by atoms with Gasteiger partial charge in [0.1, 0.15) is 5.76 Å². The number of aryl methyl sites for hydroxylation is 1. The van der Waals surface area contributed by atoms with E-state index in [9.17, 15) is 9.59 Å². The Kier molecular flexibility index (Phi) is 2.63. The molecular formula is C19H12O3. The van der Waals surface area contributed by atoms with Gasteiger partial charge in [0.2, 0.25) is 0 Å². The first kappa shape index (κ1) is 12.8. The summed E-state index contributed by atoms with van der Waals surface area (Å²) < 4.78 is 5.28. The average Bonchev–Trinajstić information content (AvgIpc) is 2.84. The molecule has 3 heteroatoms. The molecule has 0 amide bonds. The number of hydrogen-bond acceptors (Lipinski definition) is 3. The van der Waals surface area contributed by atoms with Crippen LogP contribution in [-0.2, 0) is 0 Å². The van der Waals surface area contributed by atoms with Crippen LogP contribution in [0.4, 0.5) is 0 Å². The monoisotopic (exact) mass is 288 g/mol. The van der Waals surface area contributed by atoms with Crippen molar-refractivity contribution in [2.24, 2.45) is 0 Å². The molecule has 2 aromatic rings. The van der Waals surface area contributed by atoms with E-state index < -0.39 is 5.63 Å². The first-order valence-corrected chi connectivity index (χ1v) is 7.04. The number of hydrogen-bond donors (Lipinski definition) is 0. The Morgan fingerprint density at radius 2 is 1.68 bits per heavy atom. The van der Waals surface area contributed by atoms with Crippen molar-refractivity contribution >= 4 is 16.8 Å². The van der Waals surface area contributed by atoms with Crippen LogP contribution in [0.25, 0.3) is 28.2 Å². The van der Waals surface area contributed by atoms with Gasteiger partial charge < -0.3 is 4.42 Å². The predicted molar refractivity (Wildman–Crippen MR) is 86.5 cm³/mol. The van der Waals surface area contributed by atoms with Crippen LogP contribution in [0.15, 0.2) is 62.5 Å². The molecule has 0 atom stereocenters. The van der Waals surface area contributed by atoms with Crippen molar-refractivity contribution in [1.82, 2.24) is 0 Å². The third-order valence-corrected chi connectivity index (χ3v) is 3.93. The SMILES string of the molecule is Cc1ccc(/C=c2\cc3oc(=O)c4cccc(c4-3)c2=O)cc1. The van der Waals surface area contributed by atoms with Crippen molar-refractivity contribution < 1.29 is 4.42 Å². The van der Waals surface area contributed by atoms with Crippen molar-refractivity contribution in [1.29, 1.82) is 0 Å². The summed E-state index contributed by atoms with van der Waals surface area (Å²) in [6, 6.07) is 14.7. The molecule has 0 saturated heterocycles. The van der Waals surface area contributed by atoms with Crippen LogP contribution in [-0.4, -0.2) is 0 Å². The van der Waals surface area contributed by atoms with Gasteiger partial charge in [-0.3, -0.25) is 4.79 Å². The third-order valence-electron chi connectivity index (χ3n) is 3.93. The number of rotatable bonds is 1. The lowest BCUT2D eigenvalue weighted by atomic mass is 10.00. The van der Waals surface area contributed by atoms with Crippen LogP contribution in [0.1, 0.15) is 11.1 Å². The maximum absolute atomic E-state index is 12.6. The molecule has 0 saturated carbocycles. The zero-order valence-corrected chi connectivity index (χ0v) is 11.9. The van der Waals surface area contributed by atoms with Gasteiger partial charge in [0, 0.05) is 16.2 Å². The van der Waals surface area contributed by atoms with Gasteiger partial charge in [0.05, 0.1) is 5.39 Å². The zero-order valence-electron chi connectivity index (χ0n) is 11.9. The summed E-state index contributed by atoms with van der Waals surface area (Å²) in [5.74, 6) is 0.466. The molecule has 1 aliphatic carbocycles. The van der Waals surface area contributed by atoms with Gasteiger partial charge in [-0.25, -0.2) is 4.79 Å². The predicted octanol–water partition coefficient (Wildman–Crippen LogP) is 2.55. The lowest BCUT2D eigenvalue weighted by Crippen LogP contribution is -2.25. The number of benzene rings is 3. The van der Waals surface area contributed by atoms with E-state index in [0.717, 1.165) is 11.1 Å². The topological polar surface area (TPSA) is 47.3 Å². The Bertz CT molecular complexity index is 1100. The van der Waals surface area contributed by atoms with Gasteiger partial charge in [0.15, 0.2) is 5.43 Å². The van der Waals surface area contributed by atoms with Crippen LogP contribution in [0.3, 0.4) is 0 Å². The second kappa shape index (κ2) is 4.53. The second-order valence-electron chi connectivity index (χ2n) is 5.47. The molecule has 1 aliphatic heterocycles. The molecule has 0 spiro atoms. The van der Waals surface area contributed by atoms with E-state index >= 15 is 0 Å². The molecule has 0 N–H and O–H groups in total. The first-order valence-electron chi connectivity index (χ1n) is 7.04. The third kappa shape index (κ3) is 1.83. The minimum Gasteiger partial charge on any atom is -0.422 e. The highest BCUT2D eigenvalue weighted by Gasteiger charge is 2.19. The molecule has 2 aliphatic rings. The largest absolute Gasteiger partial charge is 0.422 e. The summed E-state index contributed by atoms with van der Waals surface area (Å²) >= 11 is 0. The minimum absolute atomic E-state index is 0.0838. The minimum atomic E-state index is -0.396. The molecule has 22 heavy (non-hydrogen) atoms. The summed E-state index contributed by atoms with van der Waals surface area (Å²) in [7, 11) is 0. The molecule has 106 valence electrons. The molecule has 0 unspecified atom stereocenters. The molecule has 3 nitrogen and oxygen atoms in total. The van der Waals surface area contributed by atoms with Crippen LogP contribution >= 0.6 is 0 Å². The van der Waals surface area contributed by atoms with Crippen LogP contribution in [0.2, 0.25) is 0 Å². The van der Waals surface area contributed by atoms with Gasteiger partial charge in [-0.1, -0.05) is 42.0 Å². The van der Waals surface area contributed by atoms with E-state index in [0.29, 0.717) is 27.3 Å². The van der Waals surface area contributed by atoms with Crippen LogP contribution < -0.4 is 16.3 Å². The summed E-state index contributed by atoms with van der Waals surface area (Å²) in [5, 5.41) is 1.52. The van der Waals surface area contributed by atoms with Gasteiger partial charge in [-0.05, 0) is 30.7 Å². The van der Waals surface area contributed by atoms with Gasteiger partial charge in [0.25, 0.3) is 0 Å². The fourth-order valence-electron chi connectivity index (χ4n) is 2.80. The van der Waals surface area contributed by atoms with E-state index in [1.807, 2.05) is 37.3 Å². The molecule has 1 heterocycles. The second-order valence-corrected chi connectivity index (χ2v) is 5.47. The smallest absolute Gasteiger partial charge is 0.344 e. The van der Waals surface area contributed by atoms with Crippen molar-refractivity contribution in [3.63, 3.8) is 0 Å². The quantitative estimate of drug-likeness (QED) is 0.541. The maximum Gasteiger partial charge on any atom is 0.344 e. The van der Waals surface area contributed by atoms with Crippen molar-refractivity contribution in [2.75, 3.05) is 0 Å². The fourth-order valence-corrected chi connectivity index (χ4v) is 2.80. The summed E-state index contributed by atoms with van der Waals surface area (Å²) in [4.78, 5) is 24.5. The van der Waals surface area contributed by atoms with E-state index in [1.165, 1.54) is 0 Å². The van der Waals surface area contributed by atoms with Crippen molar-refractivity contribution in [3.8, 4) is 11.3 Å². The van der Waals surface area contributed by atoms with Crippen molar-refractivity contribution in [3.05, 3.63) is 85.5 Å². The molecule has 0 fully saturated rings. The molecule has 4 rings (SSSR count). The van der Waals surface area contributed by atoms with Crippen LogP contribution in [0, 0.1) is 6.92 Å². The molecular weight excluding hydrogens is 276 g/mol. The normalized spacial score (nSPS) is 12.5. The Labute approximate surface area is 125 Å². The van der Waals surface area contributed by atoms with E-state index in [-0.39, 0.29) is 5.43 Å². The van der Waals surface area contributed by atoms with Crippen molar-refractivity contribution in [2.45, 2.75) is 6.92 Å². The van der Waals surface area contributed by atoms with Gasteiger partial charge >= 0.3 is 5.63 Å². The summed E-state index contributed by atoms with van der Waals surface area (Å²) in [6.45, 7) is 2.01. The highest BCUT2D eigenvalue weighted by Crippen LogP contribution is 2.27. The van der Waals surface area contributed by atoms with Gasteiger partial charge in [-0.15, -0.1) is 0 Å². The average molecular weight is 288 g/mol. The Hall–Kier alpha value is -2.94. The van der Waals surface area contributed by atoms with E-state index in [4.69, 9.17) is 4.42 Å². The Morgan fingerprint density at radius 1 is 0.955 bits per heavy atom. The standard InChI is InChI=1S/C19H12O3/c1-11-5-7-12(8-6-11)9-13-10-16-17-14(18(13)20)3-2-4-15(17)19(21)22-16/h2-10H,1H3/b13-9+. The summed E-state index contributed by atoms with van der Waals surface area (Å²) in [5.41, 5.74) is 2.25. The molecule has 0 bridgehead atoms. The number of furan rings is 1. The van der Waals surface area contributed by atoms with Crippen LogP contribution in [0.5, 0.6) is 0 Å². The highest BCUT2D eigenvalue weighted by atomic mass is 16.4. The Morgan fingerprint density at radius 3 is 2.45 bits per heavy atom. The lowest BCUT2D eigenvalue weighted by Gasteiger charge is -2.01. The lowest BCUT2D eigenvalue weighted by molar-refractivity contribution is 0.548. The zero-order chi connectivity index (χ0) is 15.3. The maximum atomic E-state index is 12.6. The molecule has 2 aromatic carbocycles. The highest BCUT2D eigenvalue weighted by molar-refractivity contribution is 5.95.